The summed E-state index contributed by atoms with van der Waals surface area (Å²) in [5.74, 6) is 0.366. The van der Waals surface area contributed by atoms with Crippen molar-refractivity contribution in [3.63, 3.8) is 0 Å². The first-order valence-electron chi connectivity index (χ1n) is 8.28. The van der Waals surface area contributed by atoms with Gasteiger partial charge in [0.2, 0.25) is 0 Å². The van der Waals surface area contributed by atoms with Crippen molar-refractivity contribution in [1.82, 2.24) is 0 Å². The molecule has 0 spiro atoms. The number of hydrogen-bond donors (Lipinski definition) is 0. The van der Waals surface area contributed by atoms with Crippen LogP contribution >= 0.6 is 0 Å². The van der Waals surface area contributed by atoms with Gasteiger partial charge in [0.15, 0.2) is 0 Å². The third-order valence-electron chi connectivity index (χ3n) is 3.30. The molecule has 0 aliphatic rings. The molecule has 0 aromatic heterocycles. The minimum atomic E-state index is -0.860. The van der Waals surface area contributed by atoms with Crippen LogP contribution in [0.15, 0.2) is 0 Å². The van der Waals surface area contributed by atoms with E-state index in [9.17, 15) is 4.79 Å². The summed E-state index contributed by atoms with van der Waals surface area (Å²) in [6.45, 7) is 14.7. The maximum absolute atomic E-state index is 11.5. The van der Waals surface area contributed by atoms with Crippen molar-refractivity contribution in [1.29, 1.82) is 0 Å². The molecule has 0 amide bonds. The molecule has 0 saturated carbocycles. The lowest BCUT2D eigenvalue weighted by atomic mass is 9.84. The van der Waals surface area contributed by atoms with Crippen LogP contribution in [0.2, 0.25) is 0 Å². The minimum Gasteiger partial charge on any atom is -0.432 e. The van der Waals surface area contributed by atoms with Gasteiger partial charge in [0.05, 0.1) is 6.61 Å². The van der Waals surface area contributed by atoms with Crippen molar-refractivity contribution in [2.75, 3.05) is 6.61 Å². The van der Waals surface area contributed by atoms with Crippen LogP contribution in [0.5, 0.6) is 0 Å². The molecule has 22 heavy (non-hydrogen) atoms. The molecule has 5 heteroatoms. The van der Waals surface area contributed by atoms with Crippen LogP contribution in [-0.2, 0) is 19.6 Å². The van der Waals surface area contributed by atoms with E-state index in [2.05, 4.69) is 44.5 Å². The topological polar surface area (TPSA) is 54.0 Å². The third-order valence-corrected chi connectivity index (χ3v) is 3.30. The van der Waals surface area contributed by atoms with Crippen molar-refractivity contribution < 1.29 is 24.3 Å². The molecule has 0 aliphatic carbocycles. The predicted octanol–water partition coefficient (Wildman–Crippen LogP) is 5.43. The highest BCUT2D eigenvalue weighted by atomic mass is 17.5. The Kier molecular flexibility index (Phi) is 9.69. The Bertz CT molecular complexity index is 307. The number of ether oxygens (including phenoxy) is 1. The Hall–Kier alpha value is -0.810. The van der Waals surface area contributed by atoms with Gasteiger partial charge in [-0.3, -0.25) is 0 Å². The number of carbonyl (C=O) groups excluding carboxylic acids is 1. The van der Waals surface area contributed by atoms with Crippen LogP contribution < -0.4 is 0 Å². The van der Waals surface area contributed by atoms with Crippen molar-refractivity contribution in [2.24, 2.45) is 11.3 Å². The lowest BCUT2D eigenvalue weighted by Crippen LogP contribution is -2.31. The van der Waals surface area contributed by atoms with Crippen LogP contribution in [0.4, 0.5) is 4.79 Å². The van der Waals surface area contributed by atoms with Crippen molar-refractivity contribution in [2.45, 2.75) is 86.2 Å². The smallest absolute Gasteiger partial charge is 0.432 e. The third kappa shape index (κ3) is 11.8. The molecule has 132 valence electrons. The number of unbranched alkanes of at least 4 members (excludes halogenated alkanes) is 1. The first kappa shape index (κ1) is 21.2. The summed E-state index contributed by atoms with van der Waals surface area (Å²) in [6, 6.07) is 0. The fraction of sp³-hybridized carbons (Fsp3) is 0.941. The monoisotopic (exact) mass is 318 g/mol. The Morgan fingerprint density at radius 2 is 1.73 bits per heavy atom. The summed E-state index contributed by atoms with van der Waals surface area (Å²) in [5.41, 5.74) is -0.466. The predicted molar refractivity (Wildman–Crippen MR) is 86.1 cm³/mol. The quantitative estimate of drug-likeness (QED) is 0.305. The van der Waals surface area contributed by atoms with E-state index >= 15 is 0 Å². The molecule has 0 bridgehead atoms. The van der Waals surface area contributed by atoms with E-state index in [-0.39, 0.29) is 5.41 Å². The Morgan fingerprint density at radius 1 is 1.09 bits per heavy atom. The fourth-order valence-electron chi connectivity index (χ4n) is 2.55. The fourth-order valence-corrected chi connectivity index (χ4v) is 2.55. The maximum Gasteiger partial charge on any atom is 0.542 e. The molecule has 0 radical (unpaired) electrons. The van der Waals surface area contributed by atoms with Crippen LogP contribution in [0, 0.1) is 11.3 Å². The van der Waals surface area contributed by atoms with Crippen LogP contribution in [0.3, 0.4) is 0 Å². The molecule has 0 aliphatic heterocycles. The van der Waals surface area contributed by atoms with Gasteiger partial charge in [-0.25, -0.2) is 9.68 Å². The van der Waals surface area contributed by atoms with E-state index in [4.69, 9.17) is 9.62 Å². The van der Waals surface area contributed by atoms with Gasteiger partial charge >= 0.3 is 6.16 Å². The summed E-state index contributed by atoms with van der Waals surface area (Å²) in [5, 5.41) is 4.58. The van der Waals surface area contributed by atoms with Gasteiger partial charge in [-0.1, -0.05) is 53.9 Å². The molecule has 0 aromatic carbocycles. The number of carbonyl (C=O) groups is 1. The van der Waals surface area contributed by atoms with E-state index in [0.717, 1.165) is 32.1 Å². The highest BCUT2D eigenvalue weighted by Gasteiger charge is 2.28. The van der Waals surface area contributed by atoms with E-state index < -0.39 is 11.8 Å². The lowest BCUT2D eigenvalue weighted by Gasteiger charge is -2.29. The normalized spacial score (nSPS) is 13.8. The van der Waals surface area contributed by atoms with Gasteiger partial charge in [0, 0.05) is 0 Å². The summed E-state index contributed by atoms with van der Waals surface area (Å²) in [4.78, 5) is 21.1. The summed E-state index contributed by atoms with van der Waals surface area (Å²) < 4.78 is 5.04. The highest BCUT2D eigenvalue weighted by molar-refractivity contribution is 5.58. The molecule has 1 unspecified atom stereocenters. The minimum absolute atomic E-state index is 0.0843. The van der Waals surface area contributed by atoms with Gasteiger partial charge in [0.1, 0.15) is 5.60 Å². The molecular weight excluding hydrogens is 284 g/mol. The van der Waals surface area contributed by atoms with Gasteiger partial charge in [0.25, 0.3) is 0 Å². The molecule has 1 atom stereocenters. The molecule has 0 rings (SSSR count). The zero-order valence-electron chi connectivity index (χ0n) is 15.4. The number of rotatable bonds is 10. The van der Waals surface area contributed by atoms with Crippen molar-refractivity contribution >= 4 is 6.16 Å². The summed E-state index contributed by atoms with van der Waals surface area (Å²) >= 11 is 0. The largest absolute Gasteiger partial charge is 0.542 e. The summed E-state index contributed by atoms with van der Waals surface area (Å²) in [7, 11) is 0. The average molecular weight is 318 g/mol. The molecule has 0 N–H and O–H groups in total. The Labute approximate surface area is 135 Å². The Morgan fingerprint density at radius 3 is 2.23 bits per heavy atom. The molecule has 0 saturated heterocycles. The standard InChI is InChI=1S/C17H34O5/c1-8-10-11-14(9-2)12-19-15(18)20-22-21-17(6,7)13-16(3,4)5/h14H,8-13H2,1-7H3. The van der Waals surface area contributed by atoms with E-state index in [0.29, 0.717) is 12.5 Å². The van der Waals surface area contributed by atoms with Gasteiger partial charge in [-0.05, 0) is 43.1 Å². The van der Waals surface area contributed by atoms with Gasteiger partial charge < -0.3 is 4.74 Å². The second-order valence-corrected chi connectivity index (χ2v) is 7.71. The van der Waals surface area contributed by atoms with E-state index in [1.165, 1.54) is 0 Å². The first-order valence-corrected chi connectivity index (χ1v) is 8.28. The lowest BCUT2D eigenvalue weighted by molar-refractivity contribution is -0.518. The molecule has 0 heterocycles. The SMILES string of the molecule is CCCCC(CC)COC(=O)OOOC(C)(C)CC(C)(C)C. The average Bonchev–Trinajstić information content (AvgIpc) is 2.35. The summed E-state index contributed by atoms with van der Waals surface area (Å²) in [6.07, 6.45) is 4.20. The second-order valence-electron chi connectivity index (χ2n) is 7.71. The van der Waals surface area contributed by atoms with Gasteiger partial charge in [-0.2, -0.15) is 4.89 Å². The Balaban J connectivity index is 3.94. The van der Waals surface area contributed by atoms with Crippen LogP contribution in [0.25, 0.3) is 0 Å². The highest BCUT2D eigenvalue weighted by Crippen LogP contribution is 2.29. The molecule has 0 aromatic rings. The zero-order valence-corrected chi connectivity index (χ0v) is 15.4. The van der Waals surface area contributed by atoms with Crippen molar-refractivity contribution in [3.8, 4) is 0 Å². The molecule has 0 fully saturated rings. The maximum atomic E-state index is 11.5. The van der Waals surface area contributed by atoms with Gasteiger partial charge in [-0.15, -0.1) is 0 Å². The zero-order chi connectivity index (χ0) is 17.2. The second kappa shape index (κ2) is 10.1. The number of hydrogen-bond acceptors (Lipinski definition) is 5. The molecular formula is C17H34O5. The van der Waals surface area contributed by atoms with E-state index in [1.807, 2.05) is 13.8 Å². The molecule has 5 nitrogen and oxygen atoms in total. The first-order chi connectivity index (χ1) is 10.1. The van der Waals surface area contributed by atoms with Crippen LogP contribution in [0.1, 0.15) is 80.6 Å². The van der Waals surface area contributed by atoms with E-state index in [1.54, 1.807) is 0 Å². The van der Waals surface area contributed by atoms with Crippen molar-refractivity contribution in [3.05, 3.63) is 0 Å². The van der Waals surface area contributed by atoms with Crippen LogP contribution in [-0.4, -0.2) is 18.4 Å².